The molecule has 9 heteroatoms. The molecule has 0 amide bonds. The highest BCUT2D eigenvalue weighted by molar-refractivity contribution is 7.88. The topological polar surface area (TPSA) is 72.2 Å². The van der Waals surface area contributed by atoms with Gasteiger partial charge in [0.05, 0.1) is 16.8 Å². The van der Waals surface area contributed by atoms with E-state index in [4.69, 9.17) is 17.3 Å². The number of anilines is 1. The Morgan fingerprint density at radius 2 is 1.72 bits per heavy atom. The van der Waals surface area contributed by atoms with Crippen molar-refractivity contribution in [1.82, 2.24) is 4.72 Å². The average Bonchev–Trinajstić information content (AvgIpc) is 2.44. The van der Waals surface area contributed by atoms with Crippen molar-refractivity contribution in [3.05, 3.63) is 52.5 Å². The Bertz CT molecular complexity index is 881. The molecule has 3 N–H and O–H groups in total. The Labute approximate surface area is 148 Å². The Balaban J connectivity index is 2.47. The van der Waals surface area contributed by atoms with Crippen LogP contribution in [0.15, 0.2) is 36.4 Å². The molecule has 0 saturated carbocycles. The van der Waals surface area contributed by atoms with E-state index in [1.165, 1.54) is 18.2 Å². The fourth-order valence-corrected chi connectivity index (χ4v) is 3.59. The Hall–Kier alpha value is -1.77. The summed E-state index contributed by atoms with van der Waals surface area (Å²) in [6.07, 6.45) is -3.58. The van der Waals surface area contributed by atoms with Crippen molar-refractivity contribution in [2.24, 2.45) is 0 Å². The lowest BCUT2D eigenvalue weighted by Gasteiger charge is -2.17. The van der Waals surface area contributed by atoms with Gasteiger partial charge < -0.3 is 5.73 Å². The lowest BCUT2D eigenvalue weighted by Crippen LogP contribution is -2.25. The van der Waals surface area contributed by atoms with E-state index in [2.05, 4.69) is 4.72 Å². The lowest BCUT2D eigenvalue weighted by molar-refractivity contribution is -0.137. The third kappa shape index (κ3) is 4.87. The quantitative estimate of drug-likeness (QED) is 0.765. The highest BCUT2D eigenvalue weighted by Crippen LogP contribution is 2.42. The molecule has 0 aliphatic carbocycles. The summed E-state index contributed by atoms with van der Waals surface area (Å²) in [5, 5.41) is -0.109. The van der Waals surface area contributed by atoms with Crippen molar-refractivity contribution in [1.29, 1.82) is 0 Å². The van der Waals surface area contributed by atoms with Crippen molar-refractivity contribution in [3.8, 4) is 11.1 Å². The molecule has 0 saturated heterocycles. The number of alkyl halides is 3. The van der Waals surface area contributed by atoms with Gasteiger partial charge in [0.25, 0.3) is 0 Å². The fraction of sp³-hybridized carbons (Fsp3) is 0.250. The molecule has 0 unspecified atom stereocenters. The Kier molecular flexibility index (Phi) is 5.36. The molecule has 0 spiro atoms. The lowest BCUT2D eigenvalue weighted by atomic mass is 9.96. The molecular weight excluding hydrogens is 377 g/mol. The van der Waals surface area contributed by atoms with Gasteiger partial charge in [0.15, 0.2) is 0 Å². The minimum atomic E-state index is -4.61. The largest absolute Gasteiger partial charge is 0.417 e. The summed E-state index contributed by atoms with van der Waals surface area (Å²) >= 11 is 5.99. The highest BCUT2D eigenvalue weighted by atomic mass is 35.5. The molecule has 0 heterocycles. The maximum Gasteiger partial charge on any atom is 0.417 e. The first-order chi connectivity index (χ1) is 11.4. The van der Waals surface area contributed by atoms with Crippen LogP contribution in [0.25, 0.3) is 11.1 Å². The summed E-state index contributed by atoms with van der Waals surface area (Å²) in [4.78, 5) is 0. The number of nitrogen functional groups attached to an aromatic ring is 1. The van der Waals surface area contributed by atoms with Gasteiger partial charge in [0.1, 0.15) is 0 Å². The molecule has 25 heavy (non-hydrogen) atoms. The molecular formula is C16H16ClF3N2O2S. The SMILES string of the molecule is C[C@H](NS(C)(=O)=O)c1ccc(-c2c(Cl)cc(N)cc2C(F)(F)F)cc1. The molecule has 0 aliphatic rings. The summed E-state index contributed by atoms with van der Waals surface area (Å²) in [6.45, 7) is 1.63. The minimum absolute atomic E-state index is 0.0799. The fourth-order valence-electron chi connectivity index (χ4n) is 2.47. The third-order valence-corrected chi connectivity index (χ3v) is 4.59. The summed E-state index contributed by atoms with van der Waals surface area (Å²) in [5.41, 5.74) is 5.17. The van der Waals surface area contributed by atoms with Crippen molar-refractivity contribution in [2.75, 3.05) is 12.0 Å². The molecule has 2 rings (SSSR count). The number of rotatable bonds is 4. The second-order valence-electron chi connectivity index (χ2n) is 5.66. The molecule has 2 aromatic carbocycles. The van der Waals surface area contributed by atoms with E-state index in [1.54, 1.807) is 19.1 Å². The van der Waals surface area contributed by atoms with Crippen LogP contribution in [0.1, 0.15) is 24.1 Å². The van der Waals surface area contributed by atoms with Gasteiger partial charge in [-0.25, -0.2) is 13.1 Å². The number of nitrogens with two attached hydrogens (primary N) is 1. The number of benzene rings is 2. The first kappa shape index (κ1) is 19.6. The second-order valence-corrected chi connectivity index (χ2v) is 7.84. The Morgan fingerprint density at radius 1 is 1.16 bits per heavy atom. The van der Waals surface area contributed by atoms with E-state index in [0.29, 0.717) is 5.56 Å². The van der Waals surface area contributed by atoms with E-state index in [1.807, 2.05) is 0 Å². The zero-order valence-corrected chi connectivity index (χ0v) is 14.9. The maximum atomic E-state index is 13.3. The van der Waals surface area contributed by atoms with Crippen LogP contribution in [-0.4, -0.2) is 14.7 Å². The molecule has 136 valence electrons. The van der Waals surface area contributed by atoms with Crippen LogP contribution in [0.3, 0.4) is 0 Å². The van der Waals surface area contributed by atoms with E-state index in [-0.39, 0.29) is 21.8 Å². The van der Waals surface area contributed by atoms with Gasteiger partial charge >= 0.3 is 6.18 Å². The normalized spacial score (nSPS) is 13.7. The number of nitrogens with one attached hydrogen (secondary N) is 1. The molecule has 0 fully saturated rings. The molecule has 0 radical (unpaired) electrons. The number of sulfonamides is 1. The van der Waals surface area contributed by atoms with E-state index >= 15 is 0 Å². The Morgan fingerprint density at radius 3 is 2.20 bits per heavy atom. The van der Waals surface area contributed by atoms with Gasteiger partial charge in [0.2, 0.25) is 10.0 Å². The van der Waals surface area contributed by atoms with Crippen LogP contribution in [0, 0.1) is 0 Å². The van der Waals surface area contributed by atoms with Gasteiger partial charge in [-0.2, -0.15) is 13.2 Å². The van der Waals surface area contributed by atoms with Gasteiger partial charge in [-0.05, 0) is 30.2 Å². The van der Waals surface area contributed by atoms with Crippen LogP contribution in [0.4, 0.5) is 18.9 Å². The standard InChI is InChI=1S/C16H16ClF3N2O2S/c1-9(22-25(2,23)24)10-3-5-11(6-4-10)15-13(16(18,19)20)7-12(21)8-14(15)17/h3-9,22H,21H2,1-2H3/t9-/m0/s1. The smallest absolute Gasteiger partial charge is 0.399 e. The summed E-state index contributed by atoms with van der Waals surface area (Å²) in [5.74, 6) is 0. The number of hydrogen-bond acceptors (Lipinski definition) is 3. The van der Waals surface area contributed by atoms with Crippen molar-refractivity contribution in [3.63, 3.8) is 0 Å². The van der Waals surface area contributed by atoms with E-state index in [9.17, 15) is 21.6 Å². The van der Waals surface area contributed by atoms with Crippen molar-refractivity contribution in [2.45, 2.75) is 19.1 Å². The monoisotopic (exact) mass is 392 g/mol. The summed E-state index contributed by atoms with van der Waals surface area (Å²) in [6, 6.07) is 7.59. The van der Waals surface area contributed by atoms with Gasteiger partial charge in [0, 0.05) is 17.3 Å². The van der Waals surface area contributed by atoms with Crippen molar-refractivity contribution < 1.29 is 21.6 Å². The van der Waals surface area contributed by atoms with Gasteiger partial charge in [-0.15, -0.1) is 0 Å². The molecule has 2 aromatic rings. The molecule has 0 aromatic heterocycles. The second kappa shape index (κ2) is 6.86. The molecule has 0 bridgehead atoms. The minimum Gasteiger partial charge on any atom is -0.399 e. The average molecular weight is 393 g/mol. The maximum absolute atomic E-state index is 13.3. The number of hydrogen-bond donors (Lipinski definition) is 2. The predicted octanol–water partition coefficient (Wildman–Crippen LogP) is 4.22. The van der Waals surface area contributed by atoms with E-state index in [0.717, 1.165) is 12.3 Å². The summed E-state index contributed by atoms with van der Waals surface area (Å²) in [7, 11) is -3.41. The van der Waals surface area contributed by atoms with Crippen LogP contribution >= 0.6 is 11.6 Å². The van der Waals surface area contributed by atoms with E-state index < -0.39 is 27.8 Å². The van der Waals surface area contributed by atoms with Crippen LogP contribution in [0.2, 0.25) is 5.02 Å². The molecule has 4 nitrogen and oxygen atoms in total. The highest BCUT2D eigenvalue weighted by Gasteiger charge is 2.35. The molecule has 1 atom stereocenters. The first-order valence-corrected chi connectivity index (χ1v) is 9.39. The van der Waals surface area contributed by atoms with Crippen molar-refractivity contribution >= 4 is 27.3 Å². The third-order valence-electron chi connectivity index (χ3n) is 3.51. The molecule has 0 aliphatic heterocycles. The van der Waals surface area contributed by atoms with Crippen LogP contribution in [-0.2, 0) is 16.2 Å². The summed E-state index contributed by atoms with van der Waals surface area (Å²) < 4.78 is 64.8. The van der Waals surface area contributed by atoms with Gasteiger partial charge in [-0.3, -0.25) is 0 Å². The van der Waals surface area contributed by atoms with Gasteiger partial charge in [-0.1, -0.05) is 35.9 Å². The zero-order chi connectivity index (χ0) is 19.0. The predicted molar refractivity (Wildman–Crippen MR) is 92.7 cm³/mol. The number of halogens is 4. The zero-order valence-electron chi connectivity index (χ0n) is 13.4. The van der Waals surface area contributed by atoms with Crippen LogP contribution in [0.5, 0.6) is 0 Å². The van der Waals surface area contributed by atoms with Crippen LogP contribution < -0.4 is 10.5 Å². The first-order valence-electron chi connectivity index (χ1n) is 7.12.